The van der Waals surface area contributed by atoms with Gasteiger partial charge in [-0.05, 0) is 45.3 Å². The predicted octanol–water partition coefficient (Wildman–Crippen LogP) is 5.84. The monoisotopic (exact) mass is 367 g/mol. The summed E-state index contributed by atoms with van der Waals surface area (Å²) >= 11 is 0. The molecular weight excluding hydrogens is 350 g/mol. The molecule has 0 aromatic heterocycles. The zero-order valence-electron chi connectivity index (χ0n) is 15.0. The van der Waals surface area contributed by atoms with Gasteiger partial charge in [0.25, 0.3) is 5.69 Å². The maximum Gasteiger partial charge on any atom is 0.269 e. The van der Waals surface area contributed by atoms with Crippen molar-refractivity contribution in [3.8, 4) is 0 Å². The van der Waals surface area contributed by atoms with E-state index in [0.717, 1.165) is 12.1 Å². The number of nitrogens with zero attached hydrogens (tertiary/aromatic N) is 3. The number of nitro groups is 1. The third-order valence-electron chi connectivity index (χ3n) is 5.30. The van der Waals surface area contributed by atoms with Gasteiger partial charge < -0.3 is 0 Å². The largest absolute Gasteiger partial charge is 0.269 e. The van der Waals surface area contributed by atoms with Crippen LogP contribution in [0.2, 0.25) is 0 Å². The maximum absolute atomic E-state index is 11.0. The summed E-state index contributed by atoms with van der Waals surface area (Å²) in [6.07, 6.45) is 2.71. The molecule has 136 valence electrons. The van der Waals surface area contributed by atoms with E-state index in [0.29, 0.717) is 0 Å². The normalized spacial score (nSPS) is 16.1. The van der Waals surface area contributed by atoms with Gasteiger partial charge in [0.2, 0.25) is 0 Å². The Morgan fingerprint density at radius 1 is 0.893 bits per heavy atom. The number of anilines is 1. The second-order valence-corrected chi connectivity index (χ2v) is 6.90. The lowest BCUT2D eigenvalue weighted by atomic mass is 9.91. The molecule has 4 aromatic rings. The fourth-order valence-electron chi connectivity index (χ4n) is 4.04. The van der Waals surface area contributed by atoms with E-state index in [-0.39, 0.29) is 16.7 Å². The van der Waals surface area contributed by atoms with Crippen LogP contribution in [0.4, 0.5) is 11.4 Å². The molecule has 4 aromatic carbocycles. The number of rotatable bonds is 3. The first-order valence-electron chi connectivity index (χ1n) is 9.19. The van der Waals surface area contributed by atoms with E-state index >= 15 is 0 Å². The van der Waals surface area contributed by atoms with Crippen molar-refractivity contribution in [1.82, 2.24) is 0 Å². The number of non-ortho nitro benzene ring substituents is 1. The van der Waals surface area contributed by atoms with E-state index in [4.69, 9.17) is 0 Å². The molecule has 5 rings (SSSR count). The van der Waals surface area contributed by atoms with Crippen LogP contribution >= 0.6 is 0 Å². The van der Waals surface area contributed by atoms with Crippen molar-refractivity contribution in [2.45, 2.75) is 12.5 Å². The van der Waals surface area contributed by atoms with Gasteiger partial charge in [0.05, 0.1) is 16.7 Å². The van der Waals surface area contributed by atoms with Crippen molar-refractivity contribution in [2.24, 2.45) is 5.10 Å². The number of nitro benzene ring substituents is 1. The van der Waals surface area contributed by atoms with E-state index in [1.165, 1.54) is 39.2 Å². The van der Waals surface area contributed by atoms with E-state index in [9.17, 15) is 10.1 Å². The van der Waals surface area contributed by atoms with Crippen LogP contribution in [0, 0.1) is 10.1 Å². The Bertz CT molecular complexity index is 1180. The van der Waals surface area contributed by atoms with Gasteiger partial charge in [-0.2, -0.15) is 5.10 Å². The van der Waals surface area contributed by atoms with E-state index in [1.54, 1.807) is 12.1 Å². The lowest BCUT2D eigenvalue weighted by molar-refractivity contribution is -0.384. The Morgan fingerprint density at radius 2 is 1.50 bits per heavy atom. The Hall–Kier alpha value is -3.73. The van der Waals surface area contributed by atoms with Crippen LogP contribution < -0.4 is 5.01 Å². The Balaban J connectivity index is 1.69. The van der Waals surface area contributed by atoms with Crippen molar-refractivity contribution in [3.05, 3.63) is 94.5 Å². The van der Waals surface area contributed by atoms with Crippen molar-refractivity contribution < 1.29 is 4.92 Å². The molecule has 0 bridgehead atoms. The summed E-state index contributed by atoms with van der Waals surface area (Å²) in [5.74, 6) is 0. The second-order valence-electron chi connectivity index (χ2n) is 6.90. The number of hydrazone groups is 1. The molecular formula is C23H17N3O2. The summed E-state index contributed by atoms with van der Waals surface area (Å²) in [6.45, 7) is 0. The molecule has 28 heavy (non-hydrogen) atoms. The van der Waals surface area contributed by atoms with Gasteiger partial charge in [0, 0.05) is 24.8 Å². The molecule has 1 unspecified atom stereocenters. The summed E-state index contributed by atoms with van der Waals surface area (Å²) in [5, 5.41) is 22.4. The van der Waals surface area contributed by atoms with E-state index in [1.807, 2.05) is 11.2 Å². The summed E-state index contributed by atoms with van der Waals surface area (Å²) in [5.41, 5.74) is 2.17. The quantitative estimate of drug-likeness (QED) is 0.260. The van der Waals surface area contributed by atoms with Crippen LogP contribution in [0.1, 0.15) is 18.0 Å². The van der Waals surface area contributed by atoms with Crippen molar-refractivity contribution in [2.75, 3.05) is 5.01 Å². The van der Waals surface area contributed by atoms with Gasteiger partial charge in [-0.3, -0.25) is 15.1 Å². The minimum Gasteiger partial charge on any atom is -0.258 e. The molecule has 1 aliphatic rings. The molecule has 5 heteroatoms. The fraction of sp³-hybridized carbons (Fsp3) is 0.0870. The first-order valence-corrected chi connectivity index (χ1v) is 9.19. The molecule has 5 nitrogen and oxygen atoms in total. The highest BCUT2D eigenvalue weighted by Crippen LogP contribution is 2.41. The van der Waals surface area contributed by atoms with Crippen molar-refractivity contribution in [1.29, 1.82) is 0 Å². The van der Waals surface area contributed by atoms with E-state index in [2.05, 4.69) is 59.7 Å². The van der Waals surface area contributed by atoms with Gasteiger partial charge in [-0.1, -0.05) is 48.5 Å². The van der Waals surface area contributed by atoms with Gasteiger partial charge in [0.1, 0.15) is 0 Å². The number of hydrogen-bond acceptors (Lipinski definition) is 4. The van der Waals surface area contributed by atoms with Crippen LogP contribution in [0.25, 0.3) is 21.5 Å². The third-order valence-corrected chi connectivity index (χ3v) is 5.30. The predicted molar refractivity (Wildman–Crippen MR) is 113 cm³/mol. The fourth-order valence-corrected chi connectivity index (χ4v) is 4.04. The van der Waals surface area contributed by atoms with Crippen LogP contribution in [0.5, 0.6) is 0 Å². The molecule has 1 aliphatic heterocycles. The molecule has 0 radical (unpaired) electrons. The molecule has 0 spiro atoms. The standard InChI is InChI=1S/C23H17N3O2/c27-26(28)19-11-9-18(10-12-19)25-22(13-14-24-25)23-20-7-3-1-5-16(20)15-17-6-2-4-8-21(17)23/h1-12,14-15,22H,13H2. The van der Waals surface area contributed by atoms with Gasteiger partial charge >= 0.3 is 0 Å². The highest BCUT2D eigenvalue weighted by molar-refractivity contribution is 6.03. The van der Waals surface area contributed by atoms with Gasteiger partial charge in [-0.15, -0.1) is 0 Å². The molecule has 1 heterocycles. The summed E-state index contributed by atoms with van der Waals surface area (Å²) in [6, 6.07) is 25.7. The Labute approximate surface area is 161 Å². The molecule has 1 atom stereocenters. The van der Waals surface area contributed by atoms with Crippen LogP contribution in [-0.4, -0.2) is 11.1 Å². The molecule has 0 saturated carbocycles. The minimum atomic E-state index is -0.382. The highest BCUT2D eigenvalue weighted by atomic mass is 16.6. The first-order chi connectivity index (χ1) is 13.7. The second kappa shape index (κ2) is 6.46. The number of hydrogen-bond donors (Lipinski definition) is 0. The molecule has 0 aliphatic carbocycles. The number of benzene rings is 4. The maximum atomic E-state index is 11.0. The Morgan fingerprint density at radius 3 is 2.11 bits per heavy atom. The molecule has 0 saturated heterocycles. The Kier molecular flexibility index (Phi) is 3.79. The molecule has 0 N–H and O–H groups in total. The zero-order chi connectivity index (χ0) is 19.1. The molecule has 0 fully saturated rings. The summed E-state index contributed by atoms with van der Waals surface area (Å²) in [4.78, 5) is 10.6. The van der Waals surface area contributed by atoms with E-state index < -0.39 is 0 Å². The topological polar surface area (TPSA) is 58.7 Å². The first kappa shape index (κ1) is 16.4. The van der Waals surface area contributed by atoms with Gasteiger partial charge in [-0.25, -0.2) is 0 Å². The average Bonchev–Trinajstić information content (AvgIpc) is 3.21. The lowest BCUT2D eigenvalue weighted by Gasteiger charge is -2.26. The van der Waals surface area contributed by atoms with Crippen LogP contribution in [0.15, 0.2) is 84.0 Å². The van der Waals surface area contributed by atoms with Crippen LogP contribution in [-0.2, 0) is 0 Å². The van der Waals surface area contributed by atoms with Crippen LogP contribution in [0.3, 0.4) is 0 Å². The SMILES string of the molecule is O=[N+]([O-])c1ccc(N2N=CCC2c2c3ccccc3cc3ccccc23)cc1. The summed E-state index contributed by atoms with van der Waals surface area (Å²) < 4.78 is 0. The minimum absolute atomic E-state index is 0.0393. The smallest absolute Gasteiger partial charge is 0.258 e. The van der Waals surface area contributed by atoms with Crippen molar-refractivity contribution >= 4 is 39.1 Å². The highest BCUT2D eigenvalue weighted by Gasteiger charge is 2.27. The molecule has 0 amide bonds. The van der Waals surface area contributed by atoms with Crippen molar-refractivity contribution in [3.63, 3.8) is 0 Å². The summed E-state index contributed by atoms with van der Waals surface area (Å²) in [7, 11) is 0. The lowest BCUT2D eigenvalue weighted by Crippen LogP contribution is -2.19. The average molecular weight is 367 g/mol. The zero-order valence-corrected chi connectivity index (χ0v) is 15.0. The third kappa shape index (κ3) is 2.60. The number of fused-ring (bicyclic) bond motifs is 2. The van der Waals surface area contributed by atoms with Gasteiger partial charge in [0.15, 0.2) is 0 Å².